The van der Waals surface area contributed by atoms with Gasteiger partial charge in [-0.15, -0.1) is 0 Å². The molecule has 3 heteroatoms. The van der Waals surface area contributed by atoms with Crippen molar-refractivity contribution < 1.29 is 4.74 Å². The van der Waals surface area contributed by atoms with E-state index in [1.54, 1.807) is 0 Å². The van der Waals surface area contributed by atoms with Gasteiger partial charge in [-0.2, -0.15) is 0 Å². The Hall–Kier alpha value is -1.32. The monoisotopic (exact) mass is 290 g/mol. The Kier molecular flexibility index (Phi) is 8.79. The van der Waals surface area contributed by atoms with Crippen LogP contribution < -0.4 is 10.1 Å². The fourth-order valence-corrected chi connectivity index (χ4v) is 2.18. The maximum absolute atomic E-state index is 5.87. The zero-order valence-corrected chi connectivity index (χ0v) is 13.8. The van der Waals surface area contributed by atoms with E-state index in [1.165, 1.54) is 11.1 Å². The third-order valence-electron chi connectivity index (χ3n) is 3.27. The summed E-state index contributed by atoms with van der Waals surface area (Å²) >= 11 is 0. The van der Waals surface area contributed by atoms with Crippen molar-refractivity contribution in [1.29, 1.82) is 0 Å². The number of nitrogens with zero attached hydrogens (tertiary/aromatic N) is 1. The van der Waals surface area contributed by atoms with Gasteiger partial charge in [0.15, 0.2) is 0 Å². The summed E-state index contributed by atoms with van der Waals surface area (Å²) in [6, 6.07) is 8.34. The summed E-state index contributed by atoms with van der Waals surface area (Å²) in [5.41, 5.74) is 2.47. The largest absolute Gasteiger partial charge is 0.492 e. The number of likely N-dealkylation sites (N-methyl/N-ethyl adjacent to an activating group) is 1. The zero-order chi connectivity index (χ0) is 15.5. The molecule has 1 N–H and O–H groups in total. The molecule has 0 heterocycles. The normalized spacial score (nSPS) is 10.9. The molecule has 0 aromatic heterocycles. The first kappa shape index (κ1) is 17.7. The zero-order valence-electron chi connectivity index (χ0n) is 13.8. The van der Waals surface area contributed by atoms with Gasteiger partial charge in [-0.3, -0.25) is 4.90 Å². The Morgan fingerprint density at radius 1 is 1.33 bits per heavy atom. The highest BCUT2D eigenvalue weighted by atomic mass is 16.5. The highest BCUT2D eigenvalue weighted by Gasteiger charge is 2.03. The molecule has 0 unspecified atom stereocenters. The quantitative estimate of drug-likeness (QED) is 0.499. The Labute approximate surface area is 130 Å². The fraction of sp³-hybridized carbons (Fsp3) is 0.556. The van der Waals surface area contributed by atoms with Crippen LogP contribution in [-0.2, 0) is 6.54 Å². The minimum atomic E-state index is 0.715. The molecule has 0 spiro atoms. The van der Waals surface area contributed by atoms with E-state index in [0.717, 1.165) is 44.9 Å². The second kappa shape index (κ2) is 10.4. The van der Waals surface area contributed by atoms with E-state index in [-0.39, 0.29) is 0 Å². The van der Waals surface area contributed by atoms with Gasteiger partial charge in [0.2, 0.25) is 0 Å². The van der Waals surface area contributed by atoms with Crippen molar-refractivity contribution in [3.05, 3.63) is 42.0 Å². The molecule has 0 aliphatic heterocycles. The summed E-state index contributed by atoms with van der Waals surface area (Å²) in [6.45, 7) is 16.0. The molecule has 0 atom stereocenters. The molecule has 118 valence electrons. The van der Waals surface area contributed by atoms with Crippen LogP contribution in [0.5, 0.6) is 5.75 Å². The molecule has 3 nitrogen and oxygen atoms in total. The average Bonchev–Trinajstić information content (AvgIpc) is 2.46. The number of hydrogen-bond donors (Lipinski definition) is 1. The molecule has 21 heavy (non-hydrogen) atoms. The lowest BCUT2D eigenvalue weighted by molar-refractivity contribution is 0.227. The molecule has 1 aromatic carbocycles. The first-order valence-corrected chi connectivity index (χ1v) is 7.94. The highest BCUT2D eigenvalue weighted by Crippen LogP contribution is 2.13. The molecule has 0 fully saturated rings. The molecule has 0 aliphatic rings. The lowest BCUT2D eigenvalue weighted by Gasteiger charge is -2.20. The third-order valence-corrected chi connectivity index (χ3v) is 3.27. The molecule has 0 saturated heterocycles. The van der Waals surface area contributed by atoms with Gasteiger partial charge in [-0.1, -0.05) is 38.1 Å². The van der Waals surface area contributed by atoms with Crippen molar-refractivity contribution in [2.75, 3.05) is 32.8 Å². The second-order valence-electron chi connectivity index (χ2n) is 5.50. The van der Waals surface area contributed by atoms with Crippen LogP contribution in [0.4, 0.5) is 0 Å². The van der Waals surface area contributed by atoms with Crippen molar-refractivity contribution >= 4 is 0 Å². The van der Waals surface area contributed by atoms with E-state index in [4.69, 9.17) is 4.74 Å². The summed E-state index contributed by atoms with van der Waals surface area (Å²) < 4.78 is 5.87. The molecule has 0 bridgehead atoms. The molecule has 1 aromatic rings. The van der Waals surface area contributed by atoms with E-state index < -0.39 is 0 Å². The first-order valence-electron chi connectivity index (χ1n) is 7.94. The number of hydrogen-bond acceptors (Lipinski definition) is 3. The Morgan fingerprint density at radius 2 is 2.14 bits per heavy atom. The third kappa shape index (κ3) is 7.88. The summed E-state index contributed by atoms with van der Waals surface area (Å²) in [6.07, 6.45) is 1.16. The van der Waals surface area contributed by atoms with Gasteiger partial charge in [0.05, 0.1) is 0 Å². The maximum Gasteiger partial charge on any atom is 0.119 e. The minimum absolute atomic E-state index is 0.715. The SMILES string of the molecule is C=C(C)CN(CC)CCOc1cccc(CNCCC)c1. The van der Waals surface area contributed by atoms with Gasteiger partial charge < -0.3 is 10.1 Å². The molecule has 0 aliphatic carbocycles. The van der Waals surface area contributed by atoms with Crippen LogP contribution in [-0.4, -0.2) is 37.7 Å². The van der Waals surface area contributed by atoms with Crippen molar-refractivity contribution in [3.8, 4) is 5.75 Å². The number of ether oxygens (including phenoxy) is 1. The summed E-state index contributed by atoms with van der Waals surface area (Å²) in [7, 11) is 0. The first-order chi connectivity index (χ1) is 10.2. The van der Waals surface area contributed by atoms with Crippen LogP contribution in [0.25, 0.3) is 0 Å². The van der Waals surface area contributed by atoms with Crippen molar-refractivity contribution in [2.45, 2.75) is 33.7 Å². The molecule has 0 radical (unpaired) electrons. The Morgan fingerprint density at radius 3 is 2.81 bits per heavy atom. The Bertz CT molecular complexity index is 417. The van der Waals surface area contributed by atoms with E-state index in [0.29, 0.717) is 6.61 Å². The lowest BCUT2D eigenvalue weighted by atomic mass is 10.2. The Balaban J connectivity index is 2.37. The highest BCUT2D eigenvalue weighted by molar-refractivity contribution is 5.28. The van der Waals surface area contributed by atoms with Crippen LogP contribution in [0.3, 0.4) is 0 Å². The topological polar surface area (TPSA) is 24.5 Å². The second-order valence-corrected chi connectivity index (χ2v) is 5.50. The number of benzene rings is 1. The van der Waals surface area contributed by atoms with E-state index >= 15 is 0 Å². The van der Waals surface area contributed by atoms with Gasteiger partial charge in [-0.05, 0) is 44.1 Å². The standard InChI is InChI=1S/C18H30N2O/c1-5-10-19-14-17-8-7-9-18(13-17)21-12-11-20(6-2)15-16(3)4/h7-9,13,19H,3,5-6,10-12,14-15H2,1-2,4H3. The van der Waals surface area contributed by atoms with E-state index in [2.05, 4.69) is 55.8 Å². The van der Waals surface area contributed by atoms with Gasteiger partial charge in [0.25, 0.3) is 0 Å². The molecule has 0 amide bonds. The van der Waals surface area contributed by atoms with Crippen molar-refractivity contribution in [1.82, 2.24) is 10.2 Å². The predicted octanol–water partition coefficient (Wildman–Crippen LogP) is 3.46. The van der Waals surface area contributed by atoms with Crippen molar-refractivity contribution in [2.24, 2.45) is 0 Å². The summed E-state index contributed by atoms with van der Waals surface area (Å²) in [5, 5.41) is 3.41. The van der Waals surface area contributed by atoms with E-state index in [1.807, 2.05) is 6.07 Å². The molecule has 0 saturated carbocycles. The average molecular weight is 290 g/mol. The van der Waals surface area contributed by atoms with Crippen LogP contribution in [0, 0.1) is 0 Å². The fourth-order valence-electron chi connectivity index (χ4n) is 2.18. The van der Waals surface area contributed by atoms with Crippen LogP contribution in [0.2, 0.25) is 0 Å². The predicted molar refractivity (Wildman–Crippen MR) is 90.9 cm³/mol. The van der Waals surface area contributed by atoms with E-state index in [9.17, 15) is 0 Å². The van der Waals surface area contributed by atoms with Crippen molar-refractivity contribution in [3.63, 3.8) is 0 Å². The minimum Gasteiger partial charge on any atom is -0.492 e. The van der Waals surface area contributed by atoms with Crippen LogP contribution >= 0.6 is 0 Å². The maximum atomic E-state index is 5.87. The van der Waals surface area contributed by atoms with Gasteiger partial charge in [-0.25, -0.2) is 0 Å². The van der Waals surface area contributed by atoms with Gasteiger partial charge in [0, 0.05) is 19.6 Å². The number of nitrogens with one attached hydrogen (secondary N) is 1. The molecular formula is C18H30N2O. The smallest absolute Gasteiger partial charge is 0.119 e. The summed E-state index contributed by atoms with van der Waals surface area (Å²) in [5.74, 6) is 0.956. The molecule has 1 rings (SSSR count). The summed E-state index contributed by atoms with van der Waals surface area (Å²) in [4.78, 5) is 2.34. The van der Waals surface area contributed by atoms with Gasteiger partial charge >= 0.3 is 0 Å². The van der Waals surface area contributed by atoms with Crippen LogP contribution in [0.15, 0.2) is 36.4 Å². The lowest BCUT2D eigenvalue weighted by Crippen LogP contribution is -2.29. The van der Waals surface area contributed by atoms with Gasteiger partial charge in [0.1, 0.15) is 12.4 Å². The number of rotatable bonds is 11. The molecular weight excluding hydrogens is 260 g/mol. The van der Waals surface area contributed by atoms with Crippen LogP contribution in [0.1, 0.15) is 32.8 Å².